The summed E-state index contributed by atoms with van der Waals surface area (Å²) >= 11 is 6.04. The number of rotatable bonds is 1. The number of halogens is 1. The molecule has 0 aliphatic heterocycles. The Morgan fingerprint density at radius 1 is 1.38 bits per heavy atom. The predicted molar refractivity (Wildman–Crippen MR) is 65.8 cm³/mol. The van der Waals surface area contributed by atoms with Gasteiger partial charge in [-0.2, -0.15) is 0 Å². The van der Waals surface area contributed by atoms with Gasteiger partial charge in [-0.05, 0) is 45.4 Å². The molecule has 0 atom stereocenters. The predicted octanol–water partition coefficient (Wildman–Crippen LogP) is 3.19. The molecule has 0 unspecified atom stereocenters. The average Bonchev–Trinajstić information content (AvgIpc) is 2.11. The Bertz CT molecular complexity index is 422. The van der Waals surface area contributed by atoms with Crippen molar-refractivity contribution in [3.63, 3.8) is 0 Å². The molecule has 0 fully saturated rings. The van der Waals surface area contributed by atoms with Crippen LogP contribution in [0.3, 0.4) is 0 Å². The Hall–Kier alpha value is -1.22. The molecule has 0 aliphatic carbocycles. The van der Waals surface area contributed by atoms with Gasteiger partial charge >= 0.3 is 5.97 Å². The first kappa shape index (κ1) is 12.8. The van der Waals surface area contributed by atoms with Crippen LogP contribution < -0.4 is 5.73 Å². The van der Waals surface area contributed by atoms with Crippen molar-refractivity contribution in [1.29, 1.82) is 0 Å². The number of carbonyl (C=O) groups is 1. The highest BCUT2D eigenvalue weighted by Crippen LogP contribution is 2.27. The molecule has 3 nitrogen and oxygen atoms in total. The second-order valence-electron chi connectivity index (χ2n) is 4.64. The molecule has 4 heteroatoms. The highest BCUT2D eigenvalue weighted by atomic mass is 35.5. The summed E-state index contributed by atoms with van der Waals surface area (Å²) in [5.74, 6) is -0.430. The van der Waals surface area contributed by atoms with Crippen molar-refractivity contribution >= 4 is 23.3 Å². The first-order valence-corrected chi connectivity index (χ1v) is 5.38. The Labute approximate surface area is 101 Å². The van der Waals surface area contributed by atoms with Crippen molar-refractivity contribution in [3.05, 3.63) is 28.3 Å². The Balaban J connectivity index is 3.06. The minimum atomic E-state index is -0.532. The van der Waals surface area contributed by atoms with Gasteiger partial charge in [0.1, 0.15) is 5.60 Å². The molecule has 0 radical (unpaired) electrons. The topological polar surface area (TPSA) is 52.3 Å². The molecular weight excluding hydrogens is 226 g/mol. The minimum Gasteiger partial charge on any atom is -0.456 e. The summed E-state index contributed by atoms with van der Waals surface area (Å²) < 4.78 is 5.24. The lowest BCUT2D eigenvalue weighted by molar-refractivity contribution is 0.00697. The number of hydrogen-bond donors (Lipinski definition) is 1. The molecule has 16 heavy (non-hydrogen) atoms. The lowest BCUT2D eigenvalue weighted by atomic mass is 10.1. The van der Waals surface area contributed by atoms with Gasteiger partial charge in [-0.15, -0.1) is 0 Å². The molecule has 0 bridgehead atoms. The highest BCUT2D eigenvalue weighted by molar-refractivity contribution is 6.34. The first-order valence-electron chi connectivity index (χ1n) is 5.00. The van der Waals surface area contributed by atoms with E-state index in [9.17, 15) is 4.79 Å². The smallest absolute Gasteiger partial charge is 0.340 e. The van der Waals surface area contributed by atoms with Crippen molar-refractivity contribution in [2.45, 2.75) is 33.3 Å². The molecule has 0 spiro atoms. The summed E-state index contributed by atoms with van der Waals surface area (Å²) in [6.45, 7) is 7.19. The average molecular weight is 242 g/mol. The van der Waals surface area contributed by atoms with E-state index in [4.69, 9.17) is 22.1 Å². The van der Waals surface area contributed by atoms with Crippen molar-refractivity contribution in [2.24, 2.45) is 0 Å². The van der Waals surface area contributed by atoms with Crippen LogP contribution in [0.2, 0.25) is 5.02 Å². The number of esters is 1. The molecule has 0 aliphatic rings. The van der Waals surface area contributed by atoms with Gasteiger partial charge in [-0.25, -0.2) is 4.79 Å². The maximum Gasteiger partial charge on any atom is 0.340 e. The van der Waals surface area contributed by atoms with E-state index in [0.29, 0.717) is 21.8 Å². The van der Waals surface area contributed by atoms with E-state index in [2.05, 4.69) is 0 Å². The number of hydrogen-bond acceptors (Lipinski definition) is 3. The number of nitrogen functional groups attached to an aromatic ring is 1. The molecule has 88 valence electrons. The molecule has 1 rings (SSSR count). The summed E-state index contributed by atoms with van der Waals surface area (Å²) in [6.07, 6.45) is 0. The van der Waals surface area contributed by atoms with E-state index in [1.165, 1.54) is 0 Å². The van der Waals surface area contributed by atoms with Crippen LogP contribution in [0.4, 0.5) is 5.69 Å². The maximum atomic E-state index is 11.8. The summed E-state index contributed by atoms with van der Waals surface area (Å²) in [6, 6.07) is 3.24. The first-order chi connectivity index (χ1) is 7.22. The van der Waals surface area contributed by atoms with E-state index in [1.807, 2.05) is 20.8 Å². The Morgan fingerprint density at radius 2 is 1.94 bits per heavy atom. The van der Waals surface area contributed by atoms with Crippen LogP contribution in [-0.4, -0.2) is 11.6 Å². The van der Waals surface area contributed by atoms with Crippen LogP contribution in [0.1, 0.15) is 36.7 Å². The lowest BCUT2D eigenvalue weighted by Crippen LogP contribution is -2.24. The molecule has 1 aromatic carbocycles. The number of ether oxygens (including phenoxy) is 1. The van der Waals surface area contributed by atoms with E-state index in [-0.39, 0.29) is 0 Å². The van der Waals surface area contributed by atoms with E-state index in [1.54, 1.807) is 19.1 Å². The van der Waals surface area contributed by atoms with Gasteiger partial charge in [0.25, 0.3) is 0 Å². The summed E-state index contributed by atoms with van der Waals surface area (Å²) in [5.41, 5.74) is 6.76. The molecule has 1 aromatic rings. The fraction of sp³-hybridized carbons (Fsp3) is 0.417. The van der Waals surface area contributed by atoms with Crippen molar-refractivity contribution < 1.29 is 9.53 Å². The van der Waals surface area contributed by atoms with Crippen LogP contribution in [0.5, 0.6) is 0 Å². The van der Waals surface area contributed by atoms with Gasteiger partial charge in [0, 0.05) is 5.69 Å². The monoisotopic (exact) mass is 241 g/mol. The third-order valence-electron chi connectivity index (χ3n) is 2.05. The zero-order valence-corrected chi connectivity index (χ0v) is 10.7. The van der Waals surface area contributed by atoms with E-state index >= 15 is 0 Å². The lowest BCUT2D eigenvalue weighted by Gasteiger charge is -2.20. The van der Waals surface area contributed by atoms with Crippen molar-refractivity contribution in [2.75, 3.05) is 5.73 Å². The van der Waals surface area contributed by atoms with Gasteiger partial charge < -0.3 is 10.5 Å². The fourth-order valence-electron chi connectivity index (χ4n) is 1.19. The van der Waals surface area contributed by atoms with Crippen LogP contribution in [0.15, 0.2) is 12.1 Å². The Morgan fingerprint density at radius 3 is 2.44 bits per heavy atom. The number of anilines is 1. The molecule has 0 saturated heterocycles. The summed E-state index contributed by atoms with van der Waals surface area (Å²) in [5, 5.41) is 0.356. The van der Waals surface area contributed by atoms with Crippen LogP contribution >= 0.6 is 11.6 Å². The zero-order chi connectivity index (χ0) is 12.5. The Kier molecular flexibility index (Phi) is 3.48. The molecule has 2 N–H and O–H groups in total. The quantitative estimate of drug-likeness (QED) is 0.607. The molecule has 0 aromatic heterocycles. The van der Waals surface area contributed by atoms with E-state index in [0.717, 1.165) is 0 Å². The van der Waals surface area contributed by atoms with Gasteiger partial charge in [0.2, 0.25) is 0 Å². The molecule has 0 amide bonds. The second kappa shape index (κ2) is 4.34. The SMILES string of the molecule is Cc1c(N)ccc(C(=O)OC(C)(C)C)c1Cl. The maximum absolute atomic E-state index is 11.8. The standard InChI is InChI=1S/C12H16ClNO2/c1-7-9(14)6-5-8(10(7)13)11(15)16-12(2,3)4/h5-6H,14H2,1-4H3. The van der Waals surface area contributed by atoms with Gasteiger partial charge in [-0.3, -0.25) is 0 Å². The third kappa shape index (κ3) is 2.89. The number of carbonyl (C=O) groups excluding carboxylic acids is 1. The second-order valence-corrected chi connectivity index (χ2v) is 5.02. The van der Waals surface area contributed by atoms with Crippen molar-refractivity contribution in [1.82, 2.24) is 0 Å². The largest absolute Gasteiger partial charge is 0.456 e. The summed E-state index contributed by atoms with van der Waals surface area (Å²) in [4.78, 5) is 11.8. The zero-order valence-electron chi connectivity index (χ0n) is 9.93. The van der Waals surface area contributed by atoms with Crippen molar-refractivity contribution in [3.8, 4) is 0 Å². The third-order valence-corrected chi connectivity index (χ3v) is 2.53. The number of nitrogens with two attached hydrogens (primary N) is 1. The highest BCUT2D eigenvalue weighted by Gasteiger charge is 2.21. The van der Waals surface area contributed by atoms with E-state index < -0.39 is 11.6 Å². The van der Waals surface area contributed by atoms with Gasteiger partial charge in [-0.1, -0.05) is 11.6 Å². The van der Waals surface area contributed by atoms with Gasteiger partial charge in [0.05, 0.1) is 10.6 Å². The van der Waals surface area contributed by atoms with Crippen LogP contribution in [0, 0.1) is 6.92 Å². The molecule has 0 saturated carbocycles. The van der Waals surface area contributed by atoms with Crippen LogP contribution in [-0.2, 0) is 4.74 Å². The molecule has 0 heterocycles. The summed E-state index contributed by atoms with van der Waals surface area (Å²) in [7, 11) is 0. The minimum absolute atomic E-state index is 0.350. The molecular formula is C12H16ClNO2. The fourth-order valence-corrected chi connectivity index (χ4v) is 1.44. The van der Waals surface area contributed by atoms with Gasteiger partial charge in [0.15, 0.2) is 0 Å². The van der Waals surface area contributed by atoms with Crippen LogP contribution in [0.25, 0.3) is 0 Å². The number of benzene rings is 1. The normalized spacial score (nSPS) is 11.3.